The van der Waals surface area contributed by atoms with E-state index in [4.69, 9.17) is 0 Å². The highest BCUT2D eigenvalue weighted by Crippen LogP contribution is 2.34. The lowest BCUT2D eigenvalue weighted by Crippen LogP contribution is -2.23. The number of likely N-dealkylation sites (tertiary alicyclic amines) is 1. The summed E-state index contributed by atoms with van der Waals surface area (Å²) in [5, 5.41) is 2.19. The second kappa shape index (κ2) is 4.25. The number of hydrogen-bond acceptors (Lipinski definition) is 2. The molecule has 1 atom stereocenters. The van der Waals surface area contributed by atoms with Crippen molar-refractivity contribution in [3.05, 3.63) is 22.4 Å². The third kappa shape index (κ3) is 1.94. The van der Waals surface area contributed by atoms with Gasteiger partial charge in [0.2, 0.25) is 0 Å². The molecule has 2 heteroatoms. The molecular formula is C11H17NS. The van der Waals surface area contributed by atoms with E-state index >= 15 is 0 Å². The van der Waals surface area contributed by atoms with Crippen LogP contribution in [0.4, 0.5) is 0 Å². The molecule has 2 rings (SSSR count). The highest BCUT2D eigenvalue weighted by atomic mass is 32.1. The lowest BCUT2D eigenvalue weighted by atomic mass is 10.2. The minimum Gasteiger partial charge on any atom is -0.296 e. The van der Waals surface area contributed by atoms with Crippen LogP contribution in [0.1, 0.15) is 37.1 Å². The zero-order chi connectivity index (χ0) is 9.10. The van der Waals surface area contributed by atoms with Gasteiger partial charge in [-0.2, -0.15) is 0 Å². The van der Waals surface area contributed by atoms with Crippen LogP contribution in [0.2, 0.25) is 0 Å². The first kappa shape index (κ1) is 9.22. The van der Waals surface area contributed by atoms with Crippen molar-refractivity contribution in [2.24, 2.45) is 0 Å². The maximum absolute atomic E-state index is 2.63. The Morgan fingerprint density at radius 1 is 1.62 bits per heavy atom. The highest BCUT2D eigenvalue weighted by Gasteiger charge is 2.25. The Morgan fingerprint density at radius 2 is 2.54 bits per heavy atom. The van der Waals surface area contributed by atoms with E-state index in [9.17, 15) is 0 Å². The summed E-state index contributed by atoms with van der Waals surface area (Å²) in [7, 11) is 0. The topological polar surface area (TPSA) is 3.24 Å². The van der Waals surface area contributed by atoms with Crippen LogP contribution in [0.5, 0.6) is 0 Å². The molecule has 1 unspecified atom stereocenters. The van der Waals surface area contributed by atoms with Gasteiger partial charge in [0, 0.05) is 10.9 Å². The lowest BCUT2D eigenvalue weighted by Gasteiger charge is -2.22. The predicted octanol–water partition coefficient (Wildman–Crippen LogP) is 3.30. The summed E-state index contributed by atoms with van der Waals surface area (Å²) in [6, 6.07) is 5.19. The molecule has 72 valence electrons. The zero-order valence-corrected chi connectivity index (χ0v) is 9.02. The van der Waals surface area contributed by atoms with Crippen molar-refractivity contribution in [2.75, 3.05) is 13.1 Å². The minimum atomic E-state index is 0.736. The third-order valence-electron chi connectivity index (χ3n) is 2.75. The summed E-state index contributed by atoms with van der Waals surface area (Å²) in [4.78, 5) is 4.19. The molecule has 13 heavy (non-hydrogen) atoms. The van der Waals surface area contributed by atoms with Gasteiger partial charge in [0.15, 0.2) is 0 Å². The van der Waals surface area contributed by atoms with Gasteiger partial charge in [0.25, 0.3) is 0 Å². The van der Waals surface area contributed by atoms with Crippen molar-refractivity contribution < 1.29 is 0 Å². The molecule has 0 spiro atoms. The van der Waals surface area contributed by atoms with Crippen molar-refractivity contribution in [2.45, 2.75) is 32.2 Å². The maximum Gasteiger partial charge on any atom is 0.0441 e. The molecule has 1 fully saturated rings. The fraction of sp³-hybridized carbons (Fsp3) is 0.636. The molecule has 0 amide bonds. The van der Waals surface area contributed by atoms with Crippen molar-refractivity contribution in [3.63, 3.8) is 0 Å². The fourth-order valence-electron chi connectivity index (χ4n) is 2.18. The molecule has 0 N–H and O–H groups in total. The largest absolute Gasteiger partial charge is 0.296 e. The van der Waals surface area contributed by atoms with Crippen LogP contribution in [-0.2, 0) is 0 Å². The normalized spacial score (nSPS) is 23.9. The monoisotopic (exact) mass is 195 g/mol. The van der Waals surface area contributed by atoms with E-state index in [1.54, 1.807) is 4.88 Å². The Hall–Kier alpha value is -0.340. The number of rotatable bonds is 3. The predicted molar refractivity (Wildman–Crippen MR) is 58.2 cm³/mol. The van der Waals surface area contributed by atoms with Crippen LogP contribution in [0.3, 0.4) is 0 Å². The summed E-state index contributed by atoms with van der Waals surface area (Å²) >= 11 is 1.91. The van der Waals surface area contributed by atoms with Crippen LogP contribution in [-0.4, -0.2) is 18.0 Å². The SMILES string of the molecule is CCCN1CCCC1c1cccs1. The second-order valence-corrected chi connectivity index (χ2v) is 4.69. The average molecular weight is 195 g/mol. The molecule has 1 saturated heterocycles. The van der Waals surface area contributed by atoms with E-state index in [0.29, 0.717) is 0 Å². The van der Waals surface area contributed by atoms with Crippen LogP contribution in [0.25, 0.3) is 0 Å². The van der Waals surface area contributed by atoms with Crippen molar-refractivity contribution in [3.8, 4) is 0 Å². The Balaban J connectivity index is 2.05. The van der Waals surface area contributed by atoms with Gasteiger partial charge in [0.1, 0.15) is 0 Å². The standard InChI is InChI=1S/C11H17NS/c1-2-7-12-8-3-5-10(12)11-6-4-9-13-11/h4,6,9-10H,2-3,5,7-8H2,1H3. The van der Waals surface area contributed by atoms with Crippen molar-refractivity contribution in [1.29, 1.82) is 0 Å². The first-order valence-electron chi connectivity index (χ1n) is 5.19. The Morgan fingerprint density at radius 3 is 3.23 bits per heavy atom. The van der Waals surface area contributed by atoms with Crippen molar-refractivity contribution in [1.82, 2.24) is 4.90 Å². The van der Waals surface area contributed by atoms with Gasteiger partial charge in [-0.25, -0.2) is 0 Å². The fourth-order valence-corrected chi connectivity index (χ4v) is 3.08. The van der Waals surface area contributed by atoms with E-state index < -0.39 is 0 Å². The number of nitrogens with zero attached hydrogens (tertiary/aromatic N) is 1. The highest BCUT2D eigenvalue weighted by molar-refractivity contribution is 7.10. The average Bonchev–Trinajstić information content (AvgIpc) is 2.71. The molecule has 1 aliphatic heterocycles. The minimum absolute atomic E-state index is 0.736. The zero-order valence-electron chi connectivity index (χ0n) is 8.20. The molecule has 0 saturated carbocycles. The van der Waals surface area contributed by atoms with E-state index in [1.807, 2.05) is 11.3 Å². The third-order valence-corrected chi connectivity index (χ3v) is 3.72. The molecule has 2 heterocycles. The van der Waals surface area contributed by atoms with Gasteiger partial charge >= 0.3 is 0 Å². The smallest absolute Gasteiger partial charge is 0.0441 e. The van der Waals surface area contributed by atoms with Gasteiger partial charge in [-0.1, -0.05) is 13.0 Å². The number of thiophene rings is 1. The molecule has 1 aromatic rings. The molecule has 1 aliphatic rings. The maximum atomic E-state index is 2.63. The molecule has 0 bridgehead atoms. The van der Waals surface area contributed by atoms with E-state index in [0.717, 1.165) is 6.04 Å². The van der Waals surface area contributed by atoms with Crippen LogP contribution in [0, 0.1) is 0 Å². The van der Waals surface area contributed by atoms with Gasteiger partial charge in [-0.3, -0.25) is 4.90 Å². The summed E-state index contributed by atoms with van der Waals surface area (Å²) in [6.07, 6.45) is 4.02. The lowest BCUT2D eigenvalue weighted by molar-refractivity contribution is 0.261. The van der Waals surface area contributed by atoms with E-state index in [1.165, 1.54) is 32.4 Å². The molecule has 0 aromatic carbocycles. The first-order chi connectivity index (χ1) is 6.42. The summed E-state index contributed by atoms with van der Waals surface area (Å²) in [6.45, 7) is 4.84. The Bertz CT molecular complexity index is 243. The quantitative estimate of drug-likeness (QED) is 0.715. The molecule has 0 radical (unpaired) electrons. The van der Waals surface area contributed by atoms with Crippen LogP contribution < -0.4 is 0 Å². The van der Waals surface area contributed by atoms with E-state index in [-0.39, 0.29) is 0 Å². The summed E-state index contributed by atoms with van der Waals surface area (Å²) in [5.74, 6) is 0. The van der Waals surface area contributed by atoms with Gasteiger partial charge < -0.3 is 0 Å². The summed E-state index contributed by atoms with van der Waals surface area (Å²) in [5.41, 5.74) is 0. The van der Waals surface area contributed by atoms with Crippen LogP contribution >= 0.6 is 11.3 Å². The molecule has 1 aromatic heterocycles. The Kier molecular flexibility index (Phi) is 3.01. The van der Waals surface area contributed by atoms with Crippen LogP contribution in [0.15, 0.2) is 17.5 Å². The molecule has 1 nitrogen and oxygen atoms in total. The second-order valence-electron chi connectivity index (χ2n) is 3.71. The van der Waals surface area contributed by atoms with Gasteiger partial charge in [-0.05, 0) is 43.8 Å². The van der Waals surface area contributed by atoms with E-state index in [2.05, 4.69) is 29.3 Å². The Labute approximate surface area is 84.4 Å². The van der Waals surface area contributed by atoms with Gasteiger partial charge in [-0.15, -0.1) is 11.3 Å². The summed E-state index contributed by atoms with van der Waals surface area (Å²) < 4.78 is 0. The number of hydrogen-bond donors (Lipinski definition) is 0. The van der Waals surface area contributed by atoms with Gasteiger partial charge in [0.05, 0.1) is 0 Å². The first-order valence-corrected chi connectivity index (χ1v) is 6.07. The molecular weight excluding hydrogens is 178 g/mol. The molecule has 0 aliphatic carbocycles. The van der Waals surface area contributed by atoms with Crippen molar-refractivity contribution >= 4 is 11.3 Å².